The van der Waals surface area contributed by atoms with Crippen molar-refractivity contribution < 1.29 is 4.74 Å². The molecule has 2 heteroatoms. The fourth-order valence-corrected chi connectivity index (χ4v) is 2.73. The van der Waals surface area contributed by atoms with Crippen molar-refractivity contribution in [1.29, 1.82) is 0 Å². The van der Waals surface area contributed by atoms with Crippen molar-refractivity contribution in [2.45, 2.75) is 26.2 Å². The summed E-state index contributed by atoms with van der Waals surface area (Å²) in [6.45, 7) is 9.85. The number of ether oxygens (including phenoxy) is 1. The third kappa shape index (κ3) is 3.82. The van der Waals surface area contributed by atoms with Crippen molar-refractivity contribution in [3.05, 3.63) is 35.9 Å². The maximum Gasteiger partial charge on any atom is 0.0594 e. The summed E-state index contributed by atoms with van der Waals surface area (Å²) in [5.41, 5.74) is 1.49. The average molecular weight is 247 g/mol. The zero-order valence-electron chi connectivity index (χ0n) is 11.6. The van der Waals surface area contributed by atoms with Crippen LogP contribution in [0.25, 0.3) is 0 Å². The Kier molecular flexibility index (Phi) is 5.21. The van der Waals surface area contributed by atoms with E-state index in [0.29, 0.717) is 11.8 Å². The second-order valence-corrected chi connectivity index (χ2v) is 5.50. The molecule has 1 heterocycles. The van der Waals surface area contributed by atoms with Crippen LogP contribution >= 0.6 is 0 Å². The Hall–Kier alpha value is -0.860. The predicted octanol–water partition coefficient (Wildman–Crippen LogP) is 3.15. The first-order valence-corrected chi connectivity index (χ1v) is 7.12. The summed E-state index contributed by atoms with van der Waals surface area (Å²) >= 11 is 0. The number of hydrogen-bond acceptors (Lipinski definition) is 2. The lowest BCUT2D eigenvalue weighted by atomic mass is 9.85. The molecule has 1 aromatic carbocycles. The average Bonchev–Trinajstić information content (AvgIpc) is 2.41. The quantitative estimate of drug-likeness (QED) is 0.792. The summed E-state index contributed by atoms with van der Waals surface area (Å²) in [5.74, 6) is 1.38. The predicted molar refractivity (Wildman–Crippen MR) is 75.9 cm³/mol. The minimum atomic E-state index is 0.675. The van der Waals surface area contributed by atoms with Gasteiger partial charge < -0.3 is 4.74 Å². The molecular weight excluding hydrogens is 222 g/mol. The van der Waals surface area contributed by atoms with Gasteiger partial charge in [-0.2, -0.15) is 0 Å². The zero-order chi connectivity index (χ0) is 12.8. The molecule has 0 N–H and O–H groups in total. The summed E-state index contributed by atoms with van der Waals surface area (Å²) in [6.07, 6.45) is 1.25. The molecule has 2 rings (SSSR count). The van der Waals surface area contributed by atoms with Crippen LogP contribution in [0.1, 0.15) is 31.7 Å². The largest absolute Gasteiger partial charge is 0.379 e. The fourth-order valence-electron chi connectivity index (χ4n) is 2.73. The third-order valence-corrected chi connectivity index (χ3v) is 3.89. The van der Waals surface area contributed by atoms with Crippen LogP contribution in [0, 0.1) is 5.92 Å². The van der Waals surface area contributed by atoms with Crippen LogP contribution in [-0.4, -0.2) is 37.7 Å². The first-order chi connectivity index (χ1) is 8.77. The maximum atomic E-state index is 5.40. The summed E-state index contributed by atoms with van der Waals surface area (Å²) in [7, 11) is 0. The van der Waals surface area contributed by atoms with Gasteiger partial charge in [0.05, 0.1) is 13.2 Å². The van der Waals surface area contributed by atoms with Gasteiger partial charge in [0.25, 0.3) is 0 Å². The summed E-state index contributed by atoms with van der Waals surface area (Å²) in [6, 6.07) is 10.9. The standard InChI is InChI=1S/C16H25NO/c1-14(2)16(15-6-4-3-5-7-15)8-9-17-10-12-18-13-11-17/h3-7,14,16H,8-13H2,1-2H3. The SMILES string of the molecule is CC(C)C(CCN1CCOCC1)c1ccccc1. The van der Waals surface area contributed by atoms with Crippen LogP contribution in [-0.2, 0) is 4.74 Å². The van der Waals surface area contributed by atoms with Crippen molar-refractivity contribution in [2.24, 2.45) is 5.92 Å². The van der Waals surface area contributed by atoms with Gasteiger partial charge in [-0.3, -0.25) is 4.90 Å². The highest BCUT2D eigenvalue weighted by Gasteiger charge is 2.18. The van der Waals surface area contributed by atoms with E-state index in [1.54, 1.807) is 0 Å². The fraction of sp³-hybridized carbons (Fsp3) is 0.625. The molecule has 2 nitrogen and oxygen atoms in total. The normalized spacial score (nSPS) is 19.1. The highest BCUT2D eigenvalue weighted by atomic mass is 16.5. The molecule has 0 spiro atoms. The number of rotatable bonds is 5. The van der Waals surface area contributed by atoms with Crippen LogP contribution in [0.5, 0.6) is 0 Å². The third-order valence-electron chi connectivity index (χ3n) is 3.89. The molecule has 0 aliphatic carbocycles. The summed E-state index contributed by atoms with van der Waals surface area (Å²) in [5, 5.41) is 0. The van der Waals surface area contributed by atoms with Gasteiger partial charge >= 0.3 is 0 Å². The molecule has 1 aromatic rings. The molecule has 100 valence electrons. The lowest BCUT2D eigenvalue weighted by molar-refractivity contribution is 0.0360. The Morgan fingerprint density at radius 3 is 2.39 bits per heavy atom. The molecular formula is C16H25NO. The van der Waals surface area contributed by atoms with Crippen molar-refractivity contribution in [1.82, 2.24) is 4.90 Å². The molecule has 18 heavy (non-hydrogen) atoms. The van der Waals surface area contributed by atoms with Gasteiger partial charge in [-0.25, -0.2) is 0 Å². The van der Waals surface area contributed by atoms with Gasteiger partial charge in [0.1, 0.15) is 0 Å². The van der Waals surface area contributed by atoms with Gasteiger partial charge in [0.2, 0.25) is 0 Å². The van der Waals surface area contributed by atoms with Gasteiger partial charge in [-0.05, 0) is 30.4 Å². The highest BCUT2D eigenvalue weighted by Crippen LogP contribution is 2.27. The Bertz CT molecular complexity index is 330. The number of morpholine rings is 1. The lowest BCUT2D eigenvalue weighted by Gasteiger charge is -2.29. The second kappa shape index (κ2) is 6.91. The Morgan fingerprint density at radius 1 is 1.11 bits per heavy atom. The molecule has 1 fully saturated rings. The van der Waals surface area contributed by atoms with E-state index in [2.05, 4.69) is 49.1 Å². The molecule has 0 radical (unpaired) electrons. The lowest BCUT2D eigenvalue weighted by Crippen LogP contribution is -2.37. The number of hydrogen-bond donors (Lipinski definition) is 0. The summed E-state index contributed by atoms with van der Waals surface area (Å²) in [4.78, 5) is 2.53. The Morgan fingerprint density at radius 2 is 1.78 bits per heavy atom. The van der Waals surface area contributed by atoms with Crippen molar-refractivity contribution >= 4 is 0 Å². The van der Waals surface area contributed by atoms with Gasteiger partial charge in [-0.15, -0.1) is 0 Å². The van der Waals surface area contributed by atoms with Crippen LogP contribution in [0.4, 0.5) is 0 Å². The van der Waals surface area contributed by atoms with Crippen molar-refractivity contribution in [3.8, 4) is 0 Å². The van der Waals surface area contributed by atoms with E-state index in [9.17, 15) is 0 Å². The smallest absolute Gasteiger partial charge is 0.0594 e. The molecule has 0 bridgehead atoms. The van der Waals surface area contributed by atoms with Gasteiger partial charge in [-0.1, -0.05) is 44.2 Å². The van der Waals surface area contributed by atoms with Crippen LogP contribution in [0.3, 0.4) is 0 Å². The molecule has 0 aromatic heterocycles. The number of benzene rings is 1. The van der Waals surface area contributed by atoms with E-state index in [1.165, 1.54) is 18.5 Å². The van der Waals surface area contributed by atoms with E-state index >= 15 is 0 Å². The molecule has 1 unspecified atom stereocenters. The molecule has 1 atom stereocenters. The molecule has 0 saturated carbocycles. The van der Waals surface area contributed by atoms with E-state index < -0.39 is 0 Å². The minimum absolute atomic E-state index is 0.675. The van der Waals surface area contributed by atoms with E-state index in [-0.39, 0.29) is 0 Å². The molecule has 1 aliphatic rings. The molecule has 1 aliphatic heterocycles. The first kappa shape index (κ1) is 13.6. The van der Waals surface area contributed by atoms with Crippen LogP contribution in [0.15, 0.2) is 30.3 Å². The second-order valence-electron chi connectivity index (χ2n) is 5.50. The Labute approximate surface area is 111 Å². The highest BCUT2D eigenvalue weighted by molar-refractivity contribution is 5.20. The minimum Gasteiger partial charge on any atom is -0.379 e. The topological polar surface area (TPSA) is 12.5 Å². The van der Waals surface area contributed by atoms with Gasteiger partial charge in [0, 0.05) is 13.1 Å². The van der Waals surface area contributed by atoms with E-state index in [4.69, 9.17) is 4.74 Å². The van der Waals surface area contributed by atoms with E-state index in [1.807, 2.05) is 0 Å². The maximum absolute atomic E-state index is 5.40. The van der Waals surface area contributed by atoms with Crippen LogP contribution in [0.2, 0.25) is 0 Å². The zero-order valence-corrected chi connectivity index (χ0v) is 11.6. The molecule has 0 amide bonds. The van der Waals surface area contributed by atoms with Crippen LogP contribution < -0.4 is 0 Å². The first-order valence-electron chi connectivity index (χ1n) is 7.12. The van der Waals surface area contributed by atoms with Gasteiger partial charge in [0.15, 0.2) is 0 Å². The monoisotopic (exact) mass is 247 g/mol. The Balaban J connectivity index is 1.90. The van der Waals surface area contributed by atoms with Crippen molar-refractivity contribution in [3.63, 3.8) is 0 Å². The number of nitrogens with zero attached hydrogens (tertiary/aromatic N) is 1. The summed E-state index contributed by atoms with van der Waals surface area (Å²) < 4.78 is 5.40. The van der Waals surface area contributed by atoms with Crippen molar-refractivity contribution in [2.75, 3.05) is 32.8 Å². The molecule has 1 saturated heterocycles. The van der Waals surface area contributed by atoms with E-state index in [0.717, 1.165) is 26.3 Å².